The van der Waals surface area contributed by atoms with Gasteiger partial charge in [0, 0.05) is 6.07 Å². The Kier molecular flexibility index (Phi) is 3.56. The van der Waals surface area contributed by atoms with Gasteiger partial charge in [-0.15, -0.1) is 11.8 Å². The monoisotopic (exact) mass is 216 g/mol. The number of rotatable bonds is 3. The minimum Gasteiger partial charge on any atom is -0.477 e. The highest BCUT2D eigenvalue weighted by molar-refractivity contribution is 7.99. The van der Waals surface area contributed by atoms with Crippen LogP contribution in [0.15, 0.2) is 16.2 Å². The molecule has 0 aliphatic carbocycles. The standard InChI is InChI=1S/C7H8N2O2S2/c1-12-5-3-4(6(10)11)8-7(9-5)13-2/h3H,1-2H3,(H,10,11). The molecule has 0 unspecified atom stereocenters. The summed E-state index contributed by atoms with van der Waals surface area (Å²) < 4.78 is 0. The highest BCUT2D eigenvalue weighted by Crippen LogP contribution is 2.17. The Morgan fingerprint density at radius 1 is 1.38 bits per heavy atom. The molecule has 0 aromatic carbocycles. The van der Waals surface area contributed by atoms with Crippen LogP contribution in [0.4, 0.5) is 0 Å². The molecule has 1 heterocycles. The molecule has 1 N–H and O–H groups in total. The van der Waals surface area contributed by atoms with Gasteiger partial charge in [-0.3, -0.25) is 0 Å². The Bertz CT molecular complexity index is 308. The van der Waals surface area contributed by atoms with Crippen LogP contribution in [0.5, 0.6) is 0 Å². The summed E-state index contributed by atoms with van der Waals surface area (Å²) in [6.07, 6.45) is 3.66. The van der Waals surface area contributed by atoms with Crippen molar-refractivity contribution in [2.24, 2.45) is 0 Å². The number of carbonyl (C=O) groups is 1. The summed E-state index contributed by atoms with van der Waals surface area (Å²) in [5.74, 6) is -1.02. The van der Waals surface area contributed by atoms with Crippen LogP contribution in [0.25, 0.3) is 0 Å². The lowest BCUT2D eigenvalue weighted by Crippen LogP contribution is -2.03. The zero-order valence-electron chi connectivity index (χ0n) is 7.14. The molecule has 0 amide bonds. The first-order chi connectivity index (χ1) is 6.17. The summed E-state index contributed by atoms with van der Waals surface area (Å²) >= 11 is 2.73. The van der Waals surface area contributed by atoms with E-state index in [2.05, 4.69) is 9.97 Å². The van der Waals surface area contributed by atoms with Crippen LogP contribution in [0, 0.1) is 0 Å². The SMILES string of the molecule is CSc1cc(C(=O)O)nc(SC)n1. The van der Waals surface area contributed by atoms with Crippen molar-refractivity contribution in [2.45, 2.75) is 10.2 Å². The lowest BCUT2D eigenvalue weighted by molar-refractivity contribution is 0.0689. The summed E-state index contributed by atoms with van der Waals surface area (Å²) in [6, 6.07) is 1.46. The number of nitrogens with zero attached hydrogens (tertiary/aromatic N) is 2. The van der Waals surface area contributed by atoms with E-state index in [4.69, 9.17) is 5.11 Å². The van der Waals surface area contributed by atoms with Crippen molar-refractivity contribution in [3.8, 4) is 0 Å². The first-order valence-electron chi connectivity index (χ1n) is 3.37. The minimum absolute atomic E-state index is 0.0451. The molecule has 0 radical (unpaired) electrons. The lowest BCUT2D eigenvalue weighted by atomic mass is 10.4. The summed E-state index contributed by atoms with van der Waals surface area (Å²) in [6.45, 7) is 0. The average Bonchev–Trinajstić information content (AvgIpc) is 2.16. The Morgan fingerprint density at radius 3 is 2.54 bits per heavy atom. The number of aromatic carboxylic acids is 1. The summed E-state index contributed by atoms with van der Waals surface area (Å²) in [4.78, 5) is 18.6. The molecular weight excluding hydrogens is 208 g/mol. The predicted octanol–water partition coefficient (Wildman–Crippen LogP) is 1.62. The van der Waals surface area contributed by atoms with Crippen molar-refractivity contribution < 1.29 is 9.90 Å². The zero-order valence-corrected chi connectivity index (χ0v) is 8.78. The van der Waals surface area contributed by atoms with E-state index >= 15 is 0 Å². The third kappa shape index (κ3) is 2.60. The van der Waals surface area contributed by atoms with E-state index in [9.17, 15) is 4.79 Å². The molecule has 0 saturated carbocycles. The number of thioether (sulfide) groups is 2. The maximum Gasteiger partial charge on any atom is 0.354 e. The zero-order chi connectivity index (χ0) is 9.84. The Morgan fingerprint density at radius 2 is 2.08 bits per heavy atom. The highest BCUT2D eigenvalue weighted by Gasteiger charge is 2.08. The second-order valence-corrected chi connectivity index (χ2v) is 3.69. The van der Waals surface area contributed by atoms with E-state index in [1.165, 1.54) is 29.6 Å². The third-order valence-corrected chi connectivity index (χ3v) is 2.47. The fraction of sp³-hybridized carbons (Fsp3) is 0.286. The van der Waals surface area contributed by atoms with Crippen LogP contribution in [0.1, 0.15) is 10.5 Å². The number of aromatic nitrogens is 2. The van der Waals surface area contributed by atoms with Crippen molar-refractivity contribution in [3.05, 3.63) is 11.8 Å². The molecule has 1 rings (SSSR count). The van der Waals surface area contributed by atoms with E-state index in [0.717, 1.165) is 0 Å². The smallest absolute Gasteiger partial charge is 0.354 e. The molecule has 1 aromatic heterocycles. The van der Waals surface area contributed by atoms with Crippen LogP contribution in [-0.4, -0.2) is 33.6 Å². The summed E-state index contributed by atoms with van der Waals surface area (Å²) in [7, 11) is 0. The molecular formula is C7H8N2O2S2. The molecule has 1 aromatic rings. The van der Waals surface area contributed by atoms with Crippen molar-refractivity contribution >= 4 is 29.5 Å². The fourth-order valence-electron chi connectivity index (χ4n) is 0.709. The molecule has 0 aliphatic rings. The van der Waals surface area contributed by atoms with Crippen molar-refractivity contribution in [1.29, 1.82) is 0 Å². The molecule has 4 nitrogen and oxygen atoms in total. The van der Waals surface area contributed by atoms with Gasteiger partial charge >= 0.3 is 5.97 Å². The first kappa shape index (κ1) is 10.3. The van der Waals surface area contributed by atoms with E-state index in [1.807, 2.05) is 12.5 Å². The molecule has 6 heteroatoms. The van der Waals surface area contributed by atoms with Crippen molar-refractivity contribution in [1.82, 2.24) is 9.97 Å². The summed E-state index contributed by atoms with van der Waals surface area (Å²) in [5, 5.41) is 9.88. The van der Waals surface area contributed by atoms with Gasteiger partial charge in [-0.05, 0) is 12.5 Å². The van der Waals surface area contributed by atoms with Gasteiger partial charge < -0.3 is 5.11 Å². The van der Waals surface area contributed by atoms with Gasteiger partial charge in [0.15, 0.2) is 10.9 Å². The average molecular weight is 216 g/mol. The number of hydrogen-bond donors (Lipinski definition) is 1. The van der Waals surface area contributed by atoms with E-state index in [-0.39, 0.29) is 5.69 Å². The van der Waals surface area contributed by atoms with Gasteiger partial charge in [0.05, 0.1) is 0 Å². The minimum atomic E-state index is -1.02. The highest BCUT2D eigenvalue weighted by atomic mass is 32.2. The van der Waals surface area contributed by atoms with Crippen LogP contribution < -0.4 is 0 Å². The molecule has 13 heavy (non-hydrogen) atoms. The molecule has 0 saturated heterocycles. The van der Waals surface area contributed by atoms with Gasteiger partial charge in [-0.25, -0.2) is 14.8 Å². The normalized spacial score (nSPS) is 10.0. The maximum atomic E-state index is 10.6. The maximum absolute atomic E-state index is 10.6. The molecule has 0 aliphatic heterocycles. The molecule has 70 valence electrons. The third-order valence-electron chi connectivity index (χ3n) is 1.29. The Balaban J connectivity index is 3.14. The van der Waals surface area contributed by atoms with Gasteiger partial charge in [0.2, 0.25) is 0 Å². The second kappa shape index (κ2) is 4.48. The quantitative estimate of drug-likeness (QED) is 0.470. The molecule has 0 fully saturated rings. The van der Waals surface area contributed by atoms with E-state index < -0.39 is 5.97 Å². The number of hydrogen-bond acceptors (Lipinski definition) is 5. The largest absolute Gasteiger partial charge is 0.477 e. The van der Waals surface area contributed by atoms with Crippen LogP contribution in [0.2, 0.25) is 0 Å². The van der Waals surface area contributed by atoms with Gasteiger partial charge in [0.25, 0.3) is 0 Å². The topological polar surface area (TPSA) is 63.1 Å². The Hall–Kier alpha value is -0.750. The predicted molar refractivity (Wildman–Crippen MR) is 52.6 cm³/mol. The lowest BCUT2D eigenvalue weighted by Gasteiger charge is -2.00. The second-order valence-electron chi connectivity index (χ2n) is 2.09. The molecule has 0 atom stereocenters. The van der Waals surface area contributed by atoms with E-state index in [1.54, 1.807) is 0 Å². The van der Waals surface area contributed by atoms with Crippen molar-refractivity contribution in [2.75, 3.05) is 12.5 Å². The van der Waals surface area contributed by atoms with Gasteiger partial charge in [-0.2, -0.15) is 0 Å². The van der Waals surface area contributed by atoms with Crippen molar-refractivity contribution in [3.63, 3.8) is 0 Å². The Labute approximate surface area is 84.2 Å². The molecule has 0 spiro atoms. The van der Waals surface area contributed by atoms with Gasteiger partial charge in [-0.1, -0.05) is 11.8 Å². The van der Waals surface area contributed by atoms with Crippen LogP contribution in [0.3, 0.4) is 0 Å². The molecule has 0 bridgehead atoms. The van der Waals surface area contributed by atoms with Gasteiger partial charge in [0.1, 0.15) is 5.03 Å². The van der Waals surface area contributed by atoms with Crippen LogP contribution >= 0.6 is 23.5 Å². The van der Waals surface area contributed by atoms with E-state index in [0.29, 0.717) is 10.2 Å². The summed E-state index contributed by atoms with van der Waals surface area (Å²) in [5.41, 5.74) is 0.0451. The number of carboxylic acid groups (broad SMARTS) is 1. The number of carboxylic acids is 1. The van der Waals surface area contributed by atoms with Crippen LogP contribution in [-0.2, 0) is 0 Å². The fourth-order valence-corrected chi connectivity index (χ4v) is 1.55. The first-order valence-corrected chi connectivity index (χ1v) is 5.82.